The zero-order valence-electron chi connectivity index (χ0n) is 7.20. The Hall–Kier alpha value is -0.795. The molecule has 3 radical (unpaired) electrons. The van der Waals surface area contributed by atoms with Crippen molar-refractivity contribution in [1.29, 1.82) is 0 Å². The molecule has 0 fully saturated rings. The maximum Gasteiger partial charge on any atom is 1.00 e. The van der Waals surface area contributed by atoms with Crippen LogP contribution in [0.25, 0.3) is 0 Å². The third-order valence-corrected chi connectivity index (χ3v) is 1.59. The largest absolute Gasteiger partial charge is 1.00 e. The molecule has 57 valence electrons. The van der Waals surface area contributed by atoms with E-state index in [1.807, 2.05) is 30.3 Å². The lowest BCUT2D eigenvalue weighted by Gasteiger charge is -2.22. The quantitative estimate of drug-likeness (QED) is 0.612. The highest BCUT2D eigenvalue weighted by Crippen LogP contribution is 2.09. The highest BCUT2D eigenvalue weighted by Gasteiger charge is 1.99. The zero-order chi connectivity index (χ0) is 8.10. The Bertz CT molecular complexity index is 203. The average molecular weight is 148 g/mol. The summed E-state index contributed by atoms with van der Waals surface area (Å²) in [5.74, 6) is 0. The number of rotatable bonds is 3. The van der Waals surface area contributed by atoms with Gasteiger partial charge in [-0.15, -0.1) is 0 Å². The summed E-state index contributed by atoms with van der Waals surface area (Å²) in [5, 5.41) is 11.4. The van der Waals surface area contributed by atoms with Crippen molar-refractivity contribution in [3.8, 4) is 0 Å². The summed E-state index contributed by atoms with van der Waals surface area (Å²) in [6.45, 7) is 0.0144. The summed E-state index contributed by atoms with van der Waals surface area (Å²) in [4.78, 5) is 0. The molecule has 11 heavy (non-hydrogen) atoms. The second kappa shape index (κ2) is 4.16. The smallest absolute Gasteiger partial charge is 0.585 e. The monoisotopic (exact) mass is 148 g/mol. The van der Waals surface area contributed by atoms with E-state index in [1.165, 1.54) is 0 Å². The van der Waals surface area contributed by atoms with E-state index in [-0.39, 0.29) is 14.1 Å². The van der Waals surface area contributed by atoms with Crippen LogP contribution >= 0.6 is 0 Å². The first-order chi connectivity index (χ1) is 5.38. The van der Waals surface area contributed by atoms with Gasteiger partial charge >= 0.3 is 1.43 Å². The fourth-order valence-corrected chi connectivity index (χ4v) is 0.940. The van der Waals surface area contributed by atoms with Crippen LogP contribution < -0.4 is 5.23 Å². The first-order valence-corrected chi connectivity index (χ1v) is 3.50. The second-order valence-corrected chi connectivity index (χ2v) is 2.31. The van der Waals surface area contributed by atoms with Crippen molar-refractivity contribution in [2.45, 2.75) is 6.04 Å². The van der Waals surface area contributed by atoms with E-state index in [1.54, 1.807) is 0 Å². The number of nitrogens with one attached hydrogen (secondary N) is 1. The molecule has 0 aliphatic rings. The van der Waals surface area contributed by atoms with Crippen LogP contribution in [-0.2, 0) is 0 Å². The van der Waals surface area contributed by atoms with Crippen molar-refractivity contribution >= 4 is 7.98 Å². The van der Waals surface area contributed by atoms with E-state index in [2.05, 4.69) is 5.23 Å². The minimum Gasteiger partial charge on any atom is -0.585 e. The highest BCUT2D eigenvalue weighted by molar-refractivity contribution is 6.04. The van der Waals surface area contributed by atoms with Gasteiger partial charge in [0.05, 0.1) is 6.61 Å². The topological polar surface area (TPSA) is 32.3 Å². The van der Waals surface area contributed by atoms with Gasteiger partial charge in [0.15, 0.2) is 0 Å². The summed E-state index contributed by atoms with van der Waals surface area (Å²) in [7, 11) is 5.21. The van der Waals surface area contributed by atoms with Crippen LogP contribution in [0.2, 0.25) is 0 Å². The minimum atomic E-state index is -0.156. The third kappa shape index (κ3) is 2.07. The van der Waals surface area contributed by atoms with E-state index in [9.17, 15) is 0 Å². The summed E-state index contributed by atoms with van der Waals surface area (Å²) in [6.07, 6.45) is 0. The van der Waals surface area contributed by atoms with Crippen molar-refractivity contribution < 1.29 is 6.53 Å². The van der Waals surface area contributed by atoms with E-state index in [0.29, 0.717) is 0 Å². The third-order valence-electron chi connectivity index (χ3n) is 1.59. The number of hydrogen-bond donors (Lipinski definition) is 2. The van der Waals surface area contributed by atoms with Crippen LogP contribution in [0.3, 0.4) is 0 Å². The summed E-state index contributed by atoms with van der Waals surface area (Å²) < 4.78 is 0. The van der Waals surface area contributed by atoms with Crippen LogP contribution in [0.4, 0.5) is 0 Å². The Kier molecular flexibility index (Phi) is 3.14. The highest BCUT2D eigenvalue weighted by atomic mass is 16.3. The Morgan fingerprint density at radius 2 is 2.09 bits per heavy atom. The molecular weight excluding hydrogens is 137 g/mol. The van der Waals surface area contributed by atoms with Gasteiger partial charge in [-0.3, -0.25) is 0 Å². The van der Waals surface area contributed by atoms with Gasteiger partial charge in [-0.25, -0.2) is 0 Å². The van der Waals surface area contributed by atoms with Crippen molar-refractivity contribution in [3.05, 3.63) is 35.9 Å². The van der Waals surface area contributed by atoms with Crippen LogP contribution in [0.5, 0.6) is 0 Å². The van der Waals surface area contributed by atoms with Crippen LogP contribution in [0.15, 0.2) is 30.3 Å². The van der Waals surface area contributed by atoms with Gasteiger partial charge in [-0.2, -0.15) is 0 Å². The standard InChI is InChI=1S/C8H10BNO/c9-10-8(6-11)7-4-2-1-3-5-7/h1-5,8,10-11H,6H2/q-1/p+1. The normalized spacial score (nSPS) is 12.9. The Labute approximate surface area is 69.2 Å². The van der Waals surface area contributed by atoms with Gasteiger partial charge in [0.1, 0.15) is 0 Å². The molecular formula is C8H11BNO. The summed E-state index contributed by atoms with van der Waals surface area (Å²) >= 11 is 0. The van der Waals surface area contributed by atoms with Gasteiger partial charge in [0, 0.05) is 6.04 Å². The molecule has 0 aliphatic carbocycles. The molecule has 0 amide bonds. The predicted molar refractivity (Wildman–Crippen MR) is 46.3 cm³/mol. The number of hydrogen-bond acceptors (Lipinski definition) is 2. The van der Waals surface area contributed by atoms with Gasteiger partial charge in [-0.05, 0) is 5.56 Å². The lowest BCUT2D eigenvalue weighted by molar-refractivity contribution is 0.260. The Morgan fingerprint density at radius 3 is 2.55 bits per heavy atom. The molecule has 1 rings (SSSR count). The molecule has 3 heteroatoms. The fraction of sp³-hybridized carbons (Fsp3) is 0.250. The number of aliphatic hydroxyl groups is 1. The molecule has 0 saturated heterocycles. The van der Waals surface area contributed by atoms with Gasteiger partial charge in [-0.1, -0.05) is 30.3 Å². The lowest BCUT2D eigenvalue weighted by Crippen LogP contribution is -2.21. The van der Waals surface area contributed by atoms with Crippen molar-refractivity contribution in [2.75, 3.05) is 6.61 Å². The molecule has 2 nitrogen and oxygen atoms in total. The molecule has 0 aromatic heterocycles. The second-order valence-electron chi connectivity index (χ2n) is 2.31. The molecule has 0 bridgehead atoms. The van der Waals surface area contributed by atoms with Crippen molar-refractivity contribution in [3.63, 3.8) is 0 Å². The van der Waals surface area contributed by atoms with Gasteiger partial charge in [0.2, 0.25) is 0 Å². The van der Waals surface area contributed by atoms with Gasteiger partial charge in [0.25, 0.3) is 0 Å². The summed E-state index contributed by atoms with van der Waals surface area (Å²) in [6, 6.07) is 9.43. The van der Waals surface area contributed by atoms with E-state index >= 15 is 0 Å². The molecule has 1 unspecified atom stereocenters. The molecule has 1 aromatic rings. The number of benzene rings is 1. The van der Waals surface area contributed by atoms with Crippen LogP contribution in [0.1, 0.15) is 13.0 Å². The molecule has 0 saturated carbocycles. The zero-order valence-corrected chi connectivity index (χ0v) is 6.20. The van der Waals surface area contributed by atoms with E-state index < -0.39 is 0 Å². The van der Waals surface area contributed by atoms with Crippen LogP contribution in [0, 0.1) is 0 Å². The van der Waals surface area contributed by atoms with Crippen LogP contribution in [-0.4, -0.2) is 19.7 Å². The maximum atomic E-state index is 8.84. The number of aliphatic hydroxyl groups excluding tert-OH is 1. The fourth-order valence-electron chi connectivity index (χ4n) is 0.940. The molecule has 1 aromatic carbocycles. The summed E-state index contributed by atoms with van der Waals surface area (Å²) in [5.41, 5.74) is 0.998. The Morgan fingerprint density at radius 1 is 1.45 bits per heavy atom. The minimum absolute atomic E-state index is 0. The average Bonchev–Trinajstić information content (AvgIpc) is 2.09. The predicted octanol–water partition coefficient (Wildman–Crippen LogP) is 0.506. The van der Waals surface area contributed by atoms with E-state index in [4.69, 9.17) is 13.1 Å². The first-order valence-electron chi connectivity index (χ1n) is 3.50. The molecule has 1 atom stereocenters. The van der Waals surface area contributed by atoms with Crippen molar-refractivity contribution in [1.82, 2.24) is 5.23 Å². The first kappa shape index (κ1) is 8.30. The lowest BCUT2D eigenvalue weighted by atomic mass is 10.1. The SMILES string of the molecule is [B-]NC(CO)c1ccccc1.[H+]. The maximum absolute atomic E-state index is 8.84. The Balaban J connectivity index is 0.00000121. The molecule has 0 spiro atoms. The van der Waals surface area contributed by atoms with Crippen molar-refractivity contribution in [2.24, 2.45) is 0 Å². The molecule has 2 N–H and O–H groups in total. The van der Waals surface area contributed by atoms with E-state index in [0.717, 1.165) is 5.56 Å². The molecule has 0 heterocycles. The van der Waals surface area contributed by atoms with Gasteiger partial charge < -0.3 is 18.3 Å². The molecule has 0 aliphatic heterocycles.